The summed E-state index contributed by atoms with van der Waals surface area (Å²) in [6.07, 6.45) is 3.87. The quantitative estimate of drug-likeness (QED) is 0.720. The van der Waals surface area contributed by atoms with Crippen molar-refractivity contribution in [1.82, 2.24) is 4.90 Å². The van der Waals surface area contributed by atoms with E-state index in [4.69, 9.17) is 9.84 Å². The van der Waals surface area contributed by atoms with Crippen molar-refractivity contribution in [2.75, 3.05) is 13.2 Å². The maximum absolute atomic E-state index is 11.2. The van der Waals surface area contributed by atoms with Gasteiger partial charge < -0.3 is 14.9 Å². The van der Waals surface area contributed by atoms with Crippen LogP contribution in [0, 0.1) is 0 Å². The lowest BCUT2D eigenvalue weighted by Gasteiger charge is -2.46. The van der Waals surface area contributed by atoms with Gasteiger partial charge >= 0.3 is 6.09 Å². The Labute approximate surface area is 101 Å². The van der Waals surface area contributed by atoms with Gasteiger partial charge in [0.15, 0.2) is 5.72 Å². The van der Waals surface area contributed by atoms with Crippen LogP contribution in [0.3, 0.4) is 0 Å². The van der Waals surface area contributed by atoms with Crippen LogP contribution in [0.4, 0.5) is 4.79 Å². The van der Waals surface area contributed by atoms with Gasteiger partial charge in [0.05, 0.1) is 0 Å². The topological polar surface area (TPSA) is 70.0 Å². The Hall–Kier alpha value is -1.07. The molecule has 2 rings (SSSR count). The normalized spacial score (nSPS) is 37.4. The fourth-order valence-corrected chi connectivity index (χ4v) is 3.04. The summed E-state index contributed by atoms with van der Waals surface area (Å²) in [5.41, 5.74) is -2.20. The Bertz CT molecular complexity index is 324. The van der Waals surface area contributed by atoms with Crippen molar-refractivity contribution in [1.29, 1.82) is 0 Å². The van der Waals surface area contributed by atoms with Crippen LogP contribution in [-0.2, 0) is 4.74 Å². The standard InChI is InChI=1S/C12H19NO4/c1-2-5-12(16)11(6-3-4-9-17-11)7-8-13(12)10(14)15/h2,16H,1,3-9H2,(H,14,15). The van der Waals surface area contributed by atoms with Crippen LogP contribution in [-0.4, -0.2) is 45.7 Å². The van der Waals surface area contributed by atoms with Crippen LogP contribution in [0.15, 0.2) is 12.7 Å². The minimum atomic E-state index is -1.46. The SMILES string of the molecule is C=CCC1(O)N(C(=O)O)CCC12CCCCO2. The van der Waals surface area contributed by atoms with E-state index in [0.717, 1.165) is 17.7 Å². The first-order chi connectivity index (χ1) is 8.06. The molecule has 1 amide bonds. The highest BCUT2D eigenvalue weighted by Crippen LogP contribution is 2.47. The zero-order chi connectivity index (χ0) is 12.5. The van der Waals surface area contributed by atoms with Gasteiger partial charge in [-0.15, -0.1) is 6.58 Å². The summed E-state index contributed by atoms with van der Waals surface area (Å²) >= 11 is 0. The molecule has 2 N–H and O–H groups in total. The van der Waals surface area contributed by atoms with E-state index in [2.05, 4.69) is 6.58 Å². The van der Waals surface area contributed by atoms with E-state index in [-0.39, 0.29) is 6.42 Å². The second-order valence-corrected chi connectivity index (χ2v) is 4.79. The smallest absolute Gasteiger partial charge is 0.409 e. The van der Waals surface area contributed by atoms with Crippen LogP contribution in [0.2, 0.25) is 0 Å². The maximum atomic E-state index is 11.2. The van der Waals surface area contributed by atoms with Gasteiger partial charge in [0.1, 0.15) is 5.60 Å². The molecule has 2 heterocycles. The number of nitrogens with zero attached hydrogens (tertiary/aromatic N) is 1. The van der Waals surface area contributed by atoms with Gasteiger partial charge in [0.2, 0.25) is 0 Å². The Morgan fingerprint density at radius 1 is 1.47 bits per heavy atom. The number of carbonyl (C=O) groups is 1. The van der Waals surface area contributed by atoms with E-state index in [1.165, 1.54) is 0 Å². The number of rotatable bonds is 2. The minimum Gasteiger partial charge on any atom is -0.465 e. The van der Waals surface area contributed by atoms with Crippen LogP contribution in [0.1, 0.15) is 32.1 Å². The van der Waals surface area contributed by atoms with E-state index in [1.54, 1.807) is 6.08 Å². The van der Waals surface area contributed by atoms with E-state index in [9.17, 15) is 9.90 Å². The van der Waals surface area contributed by atoms with Crippen molar-refractivity contribution in [3.63, 3.8) is 0 Å². The largest absolute Gasteiger partial charge is 0.465 e. The molecule has 2 aliphatic rings. The van der Waals surface area contributed by atoms with Crippen molar-refractivity contribution < 1.29 is 19.7 Å². The molecular weight excluding hydrogens is 222 g/mol. The van der Waals surface area contributed by atoms with Crippen LogP contribution in [0.25, 0.3) is 0 Å². The summed E-state index contributed by atoms with van der Waals surface area (Å²) < 4.78 is 5.77. The maximum Gasteiger partial charge on any atom is 0.409 e. The summed E-state index contributed by atoms with van der Waals surface area (Å²) in [6.45, 7) is 4.52. The lowest BCUT2D eigenvalue weighted by molar-refractivity contribution is -0.221. The zero-order valence-electron chi connectivity index (χ0n) is 9.89. The zero-order valence-corrected chi connectivity index (χ0v) is 9.89. The monoisotopic (exact) mass is 241 g/mol. The molecule has 0 aromatic rings. The van der Waals surface area contributed by atoms with Gasteiger partial charge in [0, 0.05) is 19.6 Å². The summed E-state index contributed by atoms with van der Waals surface area (Å²) in [5, 5.41) is 19.9. The highest BCUT2D eigenvalue weighted by atomic mass is 16.5. The predicted octanol–water partition coefficient (Wildman–Crippen LogP) is 1.57. The van der Waals surface area contributed by atoms with E-state index in [1.807, 2.05) is 0 Å². The molecule has 2 fully saturated rings. The number of hydrogen-bond acceptors (Lipinski definition) is 3. The molecule has 5 heteroatoms. The van der Waals surface area contributed by atoms with Gasteiger partial charge in [-0.2, -0.15) is 0 Å². The molecule has 17 heavy (non-hydrogen) atoms. The van der Waals surface area contributed by atoms with Crippen LogP contribution >= 0.6 is 0 Å². The van der Waals surface area contributed by atoms with Crippen LogP contribution < -0.4 is 0 Å². The molecule has 2 aliphatic heterocycles. The Balaban J connectivity index is 2.32. The lowest BCUT2D eigenvalue weighted by atomic mass is 9.82. The molecule has 0 bridgehead atoms. The highest BCUT2D eigenvalue weighted by molar-refractivity contribution is 5.67. The number of likely N-dealkylation sites (tertiary alicyclic amines) is 1. The molecule has 5 nitrogen and oxygen atoms in total. The Morgan fingerprint density at radius 3 is 2.76 bits per heavy atom. The third-order valence-electron chi connectivity index (χ3n) is 3.93. The van der Waals surface area contributed by atoms with Gasteiger partial charge in [0.25, 0.3) is 0 Å². The van der Waals surface area contributed by atoms with E-state index < -0.39 is 17.4 Å². The summed E-state index contributed by atoms with van der Waals surface area (Å²) in [4.78, 5) is 12.3. The first kappa shape index (κ1) is 12.4. The van der Waals surface area contributed by atoms with Crippen molar-refractivity contribution in [2.24, 2.45) is 0 Å². The molecule has 0 aromatic heterocycles. The van der Waals surface area contributed by atoms with Crippen LogP contribution in [0.5, 0.6) is 0 Å². The molecule has 0 radical (unpaired) electrons. The molecule has 1 spiro atoms. The third-order valence-corrected chi connectivity index (χ3v) is 3.93. The molecule has 2 saturated heterocycles. The molecule has 2 unspecified atom stereocenters. The lowest BCUT2D eigenvalue weighted by Crippen LogP contribution is -2.61. The van der Waals surface area contributed by atoms with Crippen molar-refractivity contribution >= 4 is 6.09 Å². The molecule has 0 aromatic carbocycles. The minimum absolute atomic E-state index is 0.208. The fraction of sp³-hybridized carbons (Fsp3) is 0.750. The first-order valence-corrected chi connectivity index (χ1v) is 6.03. The fourth-order valence-electron chi connectivity index (χ4n) is 3.04. The molecule has 0 aliphatic carbocycles. The molecule has 0 saturated carbocycles. The number of ether oxygens (including phenoxy) is 1. The second kappa shape index (κ2) is 4.31. The average molecular weight is 241 g/mol. The number of hydrogen-bond donors (Lipinski definition) is 2. The first-order valence-electron chi connectivity index (χ1n) is 6.03. The van der Waals surface area contributed by atoms with Gasteiger partial charge in [-0.1, -0.05) is 6.08 Å². The number of carboxylic acid groups (broad SMARTS) is 1. The van der Waals surface area contributed by atoms with Gasteiger partial charge in [-0.25, -0.2) is 4.79 Å². The summed E-state index contributed by atoms with van der Waals surface area (Å²) in [7, 11) is 0. The Kier molecular flexibility index (Phi) is 3.14. The molecular formula is C12H19NO4. The van der Waals surface area contributed by atoms with Crippen molar-refractivity contribution in [3.8, 4) is 0 Å². The molecule has 2 atom stereocenters. The third kappa shape index (κ3) is 1.73. The van der Waals surface area contributed by atoms with Gasteiger partial charge in [-0.05, 0) is 25.7 Å². The van der Waals surface area contributed by atoms with Crippen molar-refractivity contribution in [3.05, 3.63) is 12.7 Å². The predicted molar refractivity (Wildman–Crippen MR) is 61.6 cm³/mol. The average Bonchev–Trinajstić information content (AvgIpc) is 2.55. The van der Waals surface area contributed by atoms with Gasteiger partial charge in [-0.3, -0.25) is 4.90 Å². The number of amides is 1. The van der Waals surface area contributed by atoms with Crippen molar-refractivity contribution in [2.45, 2.75) is 43.4 Å². The number of aliphatic hydroxyl groups is 1. The highest BCUT2D eigenvalue weighted by Gasteiger charge is 2.61. The molecule has 96 valence electrons. The summed E-state index contributed by atoms with van der Waals surface area (Å²) in [5.74, 6) is 0. The second-order valence-electron chi connectivity index (χ2n) is 4.79. The Morgan fingerprint density at radius 2 is 2.24 bits per heavy atom. The van der Waals surface area contributed by atoms with E-state index in [0.29, 0.717) is 26.0 Å². The summed E-state index contributed by atoms with van der Waals surface area (Å²) in [6, 6.07) is 0. The van der Waals surface area contributed by atoms with E-state index >= 15 is 0 Å².